The van der Waals surface area contributed by atoms with Crippen molar-refractivity contribution in [3.63, 3.8) is 0 Å². The molecule has 18 heavy (non-hydrogen) atoms. The lowest BCUT2D eigenvalue weighted by atomic mass is 10.2. The number of nitrogens with two attached hydrogens (primary N) is 1. The number of anilines is 1. The fraction of sp³-hybridized carbons (Fsp3) is 0.462. The Hall–Kier alpha value is -1.36. The number of hydrogen-bond donors (Lipinski definition) is 2. The summed E-state index contributed by atoms with van der Waals surface area (Å²) in [7, 11) is 0. The van der Waals surface area contributed by atoms with E-state index < -0.39 is 0 Å². The van der Waals surface area contributed by atoms with Crippen LogP contribution in [0.1, 0.15) is 6.92 Å². The quantitative estimate of drug-likeness (QED) is 0.740. The van der Waals surface area contributed by atoms with E-state index >= 15 is 0 Å². The second-order valence-electron chi connectivity index (χ2n) is 4.22. The first kappa shape index (κ1) is 14.7. The lowest BCUT2D eigenvalue weighted by Crippen LogP contribution is -2.33. The first-order valence-corrected chi connectivity index (χ1v) is 7.25. The Bertz CT molecular complexity index is 368. The van der Waals surface area contributed by atoms with Crippen LogP contribution in [0.25, 0.3) is 0 Å². The topological polar surface area (TPSA) is 64.3 Å². The second kappa shape index (κ2) is 7.87. The van der Waals surface area contributed by atoms with E-state index in [-0.39, 0.29) is 12.5 Å². The van der Waals surface area contributed by atoms with E-state index in [4.69, 9.17) is 10.5 Å². The molecular weight excluding hydrogens is 248 g/mol. The summed E-state index contributed by atoms with van der Waals surface area (Å²) < 4.78 is 5.34. The molecule has 0 spiro atoms. The van der Waals surface area contributed by atoms with Gasteiger partial charge >= 0.3 is 0 Å². The van der Waals surface area contributed by atoms with Crippen molar-refractivity contribution in [2.45, 2.75) is 6.92 Å². The van der Waals surface area contributed by atoms with E-state index in [9.17, 15) is 4.79 Å². The molecule has 0 aliphatic heterocycles. The lowest BCUT2D eigenvalue weighted by molar-refractivity contribution is -0.123. The standard InChI is InChI=1S/C13H20N2O2S/c1-10(9-18-2)7-15-13(16)8-17-12-5-3-11(14)4-6-12/h3-6,10H,7-9,14H2,1-2H3,(H,15,16). The van der Waals surface area contributed by atoms with Crippen LogP contribution in [0.5, 0.6) is 5.75 Å². The summed E-state index contributed by atoms with van der Waals surface area (Å²) in [4.78, 5) is 11.5. The van der Waals surface area contributed by atoms with Crippen LogP contribution in [0, 0.1) is 5.92 Å². The normalized spacial score (nSPS) is 11.9. The van der Waals surface area contributed by atoms with Crippen LogP contribution in [0.3, 0.4) is 0 Å². The summed E-state index contributed by atoms with van der Waals surface area (Å²) >= 11 is 1.78. The van der Waals surface area contributed by atoms with Crippen molar-refractivity contribution in [3.05, 3.63) is 24.3 Å². The summed E-state index contributed by atoms with van der Waals surface area (Å²) in [5, 5.41) is 2.85. The van der Waals surface area contributed by atoms with E-state index in [1.54, 1.807) is 36.0 Å². The minimum Gasteiger partial charge on any atom is -0.484 e. The average molecular weight is 268 g/mol. The molecule has 1 aromatic carbocycles. The van der Waals surface area contributed by atoms with Gasteiger partial charge in [0.2, 0.25) is 0 Å². The Morgan fingerprint density at radius 1 is 1.44 bits per heavy atom. The number of carbonyl (C=O) groups is 1. The molecule has 1 unspecified atom stereocenters. The molecule has 0 aromatic heterocycles. The number of nitrogens with one attached hydrogen (secondary N) is 1. The highest BCUT2D eigenvalue weighted by Crippen LogP contribution is 2.12. The number of ether oxygens (including phenoxy) is 1. The van der Waals surface area contributed by atoms with Gasteiger partial charge in [0.1, 0.15) is 5.75 Å². The van der Waals surface area contributed by atoms with Crippen LogP contribution in [0.2, 0.25) is 0 Å². The summed E-state index contributed by atoms with van der Waals surface area (Å²) in [6.45, 7) is 2.83. The van der Waals surface area contributed by atoms with Crippen LogP contribution in [-0.4, -0.2) is 31.1 Å². The van der Waals surface area contributed by atoms with E-state index in [2.05, 4.69) is 18.5 Å². The van der Waals surface area contributed by atoms with Gasteiger partial charge in [-0.15, -0.1) is 0 Å². The molecule has 0 aliphatic rings. The molecule has 0 heterocycles. The largest absolute Gasteiger partial charge is 0.484 e. The van der Waals surface area contributed by atoms with Crippen LogP contribution in [0.15, 0.2) is 24.3 Å². The van der Waals surface area contributed by atoms with Crippen LogP contribution < -0.4 is 15.8 Å². The maximum atomic E-state index is 11.5. The number of nitrogen functional groups attached to an aromatic ring is 1. The van der Waals surface area contributed by atoms with E-state index in [1.807, 2.05) is 0 Å². The van der Waals surface area contributed by atoms with E-state index in [0.29, 0.717) is 23.9 Å². The number of benzene rings is 1. The van der Waals surface area contributed by atoms with Crippen molar-refractivity contribution in [2.75, 3.05) is 30.9 Å². The van der Waals surface area contributed by atoms with Crippen molar-refractivity contribution in [3.8, 4) is 5.75 Å². The molecule has 100 valence electrons. The number of rotatable bonds is 7. The maximum Gasteiger partial charge on any atom is 0.257 e. The molecule has 0 saturated heterocycles. The predicted octanol–water partition coefficient (Wildman–Crippen LogP) is 1.76. The molecule has 0 saturated carbocycles. The maximum absolute atomic E-state index is 11.5. The molecule has 1 amide bonds. The van der Waals surface area contributed by atoms with Gasteiger partial charge < -0.3 is 15.8 Å². The van der Waals surface area contributed by atoms with Gasteiger partial charge in [0.05, 0.1) is 0 Å². The lowest BCUT2D eigenvalue weighted by Gasteiger charge is -2.11. The predicted molar refractivity (Wildman–Crippen MR) is 76.9 cm³/mol. The molecule has 1 aromatic rings. The first-order chi connectivity index (χ1) is 8.61. The Morgan fingerprint density at radius 3 is 2.72 bits per heavy atom. The molecule has 4 nitrogen and oxygen atoms in total. The van der Waals surface area contributed by atoms with Gasteiger partial charge in [0.25, 0.3) is 5.91 Å². The number of thioether (sulfide) groups is 1. The van der Waals surface area contributed by atoms with E-state index in [0.717, 1.165) is 5.75 Å². The van der Waals surface area contributed by atoms with Crippen LogP contribution in [0.4, 0.5) is 5.69 Å². The fourth-order valence-corrected chi connectivity index (χ4v) is 2.08. The fourth-order valence-electron chi connectivity index (χ4n) is 1.40. The Morgan fingerprint density at radius 2 is 2.11 bits per heavy atom. The zero-order valence-corrected chi connectivity index (χ0v) is 11.6. The smallest absolute Gasteiger partial charge is 0.257 e. The van der Waals surface area contributed by atoms with Gasteiger partial charge in [0, 0.05) is 12.2 Å². The van der Waals surface area contributed by atoms with Crippen molar-refractivity contribution >= 4 is 23.4 Å². The summed E-state index contributed by atoms with van der Waals surface area (Å²) in [5.41, 5.74) is 6.23. The highest BCUT2D eigenvalue weighted by molar-refractivity contribution is 7.98. The Labute approximate surface area is 112 Å². The third-order valence-electron chi connectivity index (χ3n) is 2.35. The molecule has 1 rings (SSSR count). The number of hydrogen-bond acceptors (Lipinski definition) is 4. The first-order valence-electron chi connectivity index (χ1n) is 5.85. The highest BCUT2D eigenvalue weighted by atomic mass is 32.2. The Kier molecular flexibility index (Phi) is 6.43. The molecule has 0 fully saturated rings. The highest BCUT2D eigenvalue weighted by Gasteiger charge is 2.05. The minimum atomic E-state index is -0.0974. The number of amides is 1. The van der Waals surface area contributed by atoms with Gasteiger partial charge in [0.15, 0.2) is 6.61 Å². The third-order valence-corrected chi connectivity index (χ3v) is 3.25. The van der Waals surface area contributed by atoms with Crippen LogP contribution >= 0.6 is 11.8 Å². The summed E-state index contributed by atoms with van der Waals surface area (Å²) in [6.07, 6.45) is 2.06. The van der Waals surface area contributed by atoms with E-state index in [1.165, 1.54) is 0 Å². The monoisotopic (exact) mass is 268 g/mol. The van der Waals surface area contributed by atoms with Crippen LogP contribution in [-0.2, 0) is 4.79 Å². The molecule has 1 atom stereocenters. The molecule has 0 bridgehead atoms. The number of carbonyl (C=O) groups excluding carboxylic acids is 1. The summed E-state index contributed by atoms with van der Waals surface area (Å²) in [5.74, 6) is 2.07. The van der Waals surface area contributed by atoms with Gasteiger partial charge in [-0.05, 0) is 42.2 Å². The molecular formula is C13H20N2O2S. The molecule has 3 N–H and O–H groups in total. The van der Waals surface area contributed by atoms with Crippen molar-refractivity contribution in [1.82, 2.24) is 5.32 Å². The minimum absolute atomic E-state index is 0.0376. The van der Waals surface area contributed by atoms with Gasteiger partial charge in [-0.1, -0.05) is 6.92 Å². The zero-order valence-electron chi connectivity index (χ0n) is 10.8. The van der Waals surface area contributed by atoms with Crippen molar-refractivity contribution in [1.29, 1.82) is 0 Å². The molecule has 0 aliphatic carbocycles. The van der Waals surface area contributed by atoms with Gasteiger partial charge in [-0.25, -0.2) is 0 Å². The van der Waals surface area contributed by atoms with Gasteiger partial charge in [-0.3, -0.25) is 4.79 Å². The van der Waals surface area contributed by atoms with Gasteiger partial charge in [-0.2, -0.15) is 11.8 Å². The van der Waals surface area contributed by atoms with Crippen molar-refractivity contribution in [2.24, 2.45) is 5.92 Å². The summed E-state index contributed by atoms with van der Waals surface area (Å²) in [6, 6.07) is 6.99. The average Bonchev–Trinajstić information content (AvgIpc) is 2.36. The zero-order chi connectivity index (χ0) is 13.4. The SMILES string of the molecule is CSCC(C)CNC(=O)COc1ccc(N)cc1. The second-order valence-corrected chi connectivity index (χ2v) is 5.13. The molecule has 0 radical (unpaired) electrons. The Balaban J connectivity index is 2.22. The van der Waals surface area contributed by atoms with Crippen molar-refractivity contribution < 1.29 is 9.53 Å². The molecule has 5 heteroatoms. The third kappa shape index (κ3) is 5.82.